The number of aryl methyl sites for hydroxylation is 1. The van der Waals surface area contributed by atoms with E-state index >= 15 is 0 Å². The van der Waals surface area contributed by atoms with Crippen LogP contribution in [0.4, 0.5) is 0 Å². The van der Waals surface area contributed by atoms with Gasteiger partial charge < -0.3 is 0 Å². The SMILES string of the molecule is CCCc1nc(C2CCC(CC)CC2)nc(Cl)c1I. The maximum atomic E-state index is 6.27. The van der Waals surface area contributed by atoms with Crippen LogP contribution in [-0.4, -0.2) is 9.97 Å². The van der Waals surface area contributed by atoms with Crippen LogP contribution in [0.3, 0.4) is 0 Å². The standard InChI is InChI=1S/C15H22ClIN2/c1-3-5-12-13(17)14(16)19-15(18-12)11-8-6-10(4-2)7-9-11/h10-11H,3-9H2,1-2H3. The lowest BCUT2D eigenvalue weighted by Gasteiger charge is -2.27. The Balaban J connectivity index is 2.16. The molecule has 0 saturated heterocycles. The van der Waals surface area contributed by atoms with Crippen LogP contribution in [0.1, 0.15) is 69.8 Å². The third kappa shape index (κ3) is 3.81. The summed E-state index contributed by atoms with van der Waals surface area (Å²) in [6, 6.07) is 0. The Morgan fingerprint density at radius 2 is 1.84 bits per heavy atom. The van der Waals surface area contributed by atoms with Gasteiger partial charge in [-0.15, -0.1) is 0 Å². The monoisotopic (exact) mass is 392 g/mol. The van der Waals surface area contributed by atoms with Gasteiger partial charge in [-0.1, -0.05) is 38.3 Å². The molecule has 0 amide bonds. The van der Waals surface area contributed by atoms with E-state index in [1.807, 2.05) is 0 Å². The van der Waals surface area contributed by atoms with Crippen LogP contribution in [-0.2, 0) is 6.42 Å². The highest BCUT2D eigenvalue weighted by Gasteiger charge is 2.24. The van der Waals surface area contributed by atoms with E-state index in [0.29, 0.717) is 11.1 Å². The van der Waals surface area contributed by atoms with E-state index < -0.39 is 0 Å². The molecule has 1 heterocycles. The molecule has 0 spiro atoms. The Labute approximate surface area is 134 Å². The molecule has 0 atom stereocenters. The highest BCUT2D eigenvalue weighted by Crippen LogP contribution is 2.36. The minimum absolute atomic E-state index is 0.521. The molecular weight excluding hydrogens is 371 g/mol. The number of aromatic nitrogens is 2. The van der Waals surface area contributed by atoms with Crippen LogP contribution in [0.5, 0.6) is 0 Å². The van der Waals surface area contributed by atoms with Gasteiger partial charge in [0.05, 0.1) is 9.26 Å². The molecule has 0 aromatic carbocycles. The predicted molar refractivity (Wildman–Crippen MR) is 88.7 cm³/mol. The van der Waals surface area contributed by atoms with Gasteiger partial charge in [-0.05, 0) is 60.6 Å². The first-order chi connectivity index (χ1) is 9.15. The predicted octanol–water partition coefficient (Wildman–Crippen LogP) is 5.37. The van der Waals surface area contributed by atoms with Gasteiger partial charge >= 0.3 is 0 Å². The molecule has 1 aromatic rings. The minimum Gasteiger partial charge on any atom is -0.236 e. The maximum Gasteiger partial charge on any atom is 0.146 e. The largest absolute Gasteiger partial charge is 0.236 e. The van der Waals surface area contributed by atoms with Crippen LogP contribution < -0.4 is 0 Å². The van der Waals surface area contributed by atoms with Crippen molar-refractivity contribution in [2.75, 3.05) is 0 Å². The van der Waals surface area contributed by atoms with Crippen molar-refractivity contribution in [2.24, 2.45) is 5.92 Å². The summed E-state index contributed by atoms with van der Waals surface area (Å²) < 4.78 is 1.03. The normalized spacial score (nSPS) is 23.6. The number of halogens is 2. The number of hydrogen-bond acceptors (Lipinski definition) is 2. The van der Waals surface area contributed by atoms with Crippen LogP contribution in [0, 0.1) is 9.49 Å². The van der Waals surface area contributed by atoms with Crippen molar-refractivity contribution in [3.8, 4) is 0 Å². The topological polar surface area (TPSA) is 25.8 Å². The summed E-state index contributed by atoms with van der Waals surface area (Å²) >= 11 is 8.54. The molecular formula is C15H22ClIN2. The first kappa shape index (κ1) is 15.5. The molecule has 0 N–H and O–H groups in total. The molecule has 0 unspecified atom stereocenters. The molecule has 4 heteroatoms. The molecule has 2 rings (SSSR count). The third-order valence-electron chi connectivity index (χ3n) is 4.17. The van der Waals surface area contributed by atoms with Crippen molar-refractivity contribution in [1.82, 2.24) is 9.97 Å². The Bertz CT molecular complexity index is 428. The lowest BCUT2D eigenvalue weighted by molar-refractivity contribution is 0.311. The Kier molecular flexibility index (Phi) is 5.87. The first-order valence-corrected chi connectivity index (χ1v) is 8.83. The lowest BCUT2D eigenvalue weighted by atomic mass is 9.80. The minimum atomic E-state index is 0.521. The summed E-state index contributed by atoms with van der Waals surface area (Å²) in [4.78, 5) is 9.33. The van der Waals surface area contributed by atoms with Gasteiger partial charge in [0, 0.05) is 5.92 Å². The summed E-state index contributed by atoms with van der Waals surface area (Å²) in [5, 5.41) is 0.645. The van der Waals surface area contributed by atoms with Crippen molar-refractivity contribution in [3.05, 3.63) is 20.2 Å². The zero-order valence-corrected chi connectivity index (χ0v) is 14.7. The second-order valence-electron chi connectivity index (χ2n) is 5.51. The molecule has 0 radical (unpaired) electrons. The highest BCUT2D eigenvalue weighted by molar-refractivity contribution is 14.1. The molecule has 1 aliphatic rings. The van der Waals surface area contributed by atoms with Crippen molar-refractivity contribution in [3.63, 3.8) is 0 Å². The summed E-state index contributed by atoms with van der Waals surface area (Å²) in [6.07, 6.45) is 8.49. The Morgan fingerprint density at radius 3 is 2.42 bits per heavy atom. The average molecular weight is 393 g/mol. The summed E-state index contributed by atoms with van der Waals surface area (Å²) in [6.45, 7) is 4.47. The molecule has 106 valence electrons. The molecule has 2 nitrogen and oxygen atoms in total. The fraction of sp³-hybridized carbons (Fsp3) is 0.733. The Morgan fingerprint density at radius 1 is 1.16 bits per heavy atom. The van der Waals surface area contributed by atoms with Gasteiger partial charge in [0.2, 0.25) is 0 Å². The quantitative estimate of drug-likeness (QED) is 0.508. The number of hydrogen-bond donors (Lipinski definition) is 0. The van der Waals surface area contributed by atoms with Gasteiger partial charge in [0.15, 0.2) is 0 Å². The van der Waals surface area contributed by atoms with E-state index in [1.165, 1.54) is 32.1 Å². The average Bonchev–Trinajstić information content (AvgIpc) is 2.44. The van der Waals surface area contributed by atoms with Crippen LogP contribution in [0.2, 0.25) is 5.15 Å². The third-order valence-corrected chi connectivity index (χ3v) is 5.90. The number of rotatable bonds is 4. The van der Waals surface area contributed by atoms with Gasteiger partial charge in [-0.2, -0.15) is 0 Å². The molecule has 19 heavy (non-hydrogen) atoms. The maximum absolute atomic E-state index is 6.27. The van der Waals surface area contributed by atoms with Crippen LogP contribution in [0.25, 0.3) is 0 Å². The summed E-state index contributed by atoms with van der Waals surface area (Å²) in [5.74, 6) is 2.42. The van der Waals surface area contributed by atoms with Gasteiger partial charge in [0.1, 0.15) is 11.0 Å². The van der Waals surface area contributed by atoms with E-state index in [2.05, 4.69) is 41.4 Å². The van der Waals surface area contributed by atoms with Crippen molar-refractivity contribution < 1.29 is 0 Å². The zero-order valence-electron chi connectivity index (χ0n) is 11.8. The molecule has 1 aromatic heterocycles. The fourth-order valence-corrected chi connectivity index (χ4v) is 3.60. The van der Waals surface area contributed by atoms with E-state index in [9.17, 15) is 0 Å². The van der Waals surface area contributed by atoms with E-state index in [-0.39, 0.29) is 0 Å². The van der Waals surface area contributed by atoms with Gasteiger partial charge in [-0.25, -0.2) is 9.97 Å². The molecule has 1 saturated carbocycles. The first-order valence-electron chi connectivity index (χ1n) is 7.37. The van der Waals surface area contributed by atoms with E-state index in [1.54, 1.807) is 0 Å². The van der Waals surface area contributed by atoms with E-state index in [0.717, 1.165) is 33.8 Å². The van der Waals surface area contributed by atoms with Crippen molar-refractivity contribution >= 4 is 34.2 Å². The van der Waals surface area contributed by atoms with Gasteiger partial charge in [0.25, 0.3) is 0 Å². The summed E-state index contributed by atoms with van der Waals surface area (Å²) in [7, 11) is 0. The lowest BCUT2D eigenvalue weighted by Crippen LogP contribution is -2.16. The molecule has 1 fully saturated rings. The van der Waals surface area contributed by atoms with Crippen molar-refractivity contribution in [2.45, 2.75) is 64.7 Å². The zero-order chi connectivity index (χ0) is 13.8. The van der Waals surface area contributed by atoms with Crippen molar-refractivity contribution in [1.29, 1.82) is 0 Å². The molecule has 0 bridgehead atoms. The second kappa shape index (κ2) is 7.21. The smallest absolute Gasteiger partial charge is 0.146 e. The second-order valence-corrected chi connectivity index (χ2v) is 6.95. The Hall–Kier alpha value is 0.100. The fourth-order valence-electron chi connectivity index (χ4n) is 2.89. The van der Waals surface area contributed by atoms with E-state index in [4.69, 9.17) is 16.6 Å². The highest BCUT2D eigenvalue weighted by atomic mass is 127. The number of nitrogens with zero attached hydrogens (tertiary/aromatic N) is 2. The molecule has 0 aliphatic heterocycles. The van der Waals surface area contributed by atoms with Gasteiger partial charge in [-0.3, -0.25) is 0 Å². The summed E-state index contributed by atoms with van der Waals surface area (Å²) in [5.41, 5.74) is 1.13. The van der Waals surface area contributed by atoms with Crippen LogP contribution >= 0.6 is 34.2 Å². The molecule has 1 aliphatic carbocycles. The van der Waals surface area contributed by atoms with Crippen LogP contribution in [0.15, 0.2) is 0 Å².